The molecule has 0 atom stereocenters. The van der Waals surface area contributed by atoms with Crippen molar-refractivity contribution in [2.45, 2.75) is 27.7 Å². The molecule has 0 saturated carbocycles. The first-order valence-electron chi connectivity index (χ1n) is 6.00. The van der Waals surface area contributed by atoms with Gasteiger partial charge in [-0.25, -0.2) is 9.78 Å². The molecule has 0 bridgehead atoms. The number of rotatable bonds is 3. The second-order valence-corrected chi connectivity index (χ2v) is 5.05. The zero-order valence-electron chi connectivity index (χ0n) is 11.6. The lowest BCUT2D eigenvalue weighted by molar-refractivity contribution is -0.123. The van der Waals surface area contributed by atoms with Gasteiger partial charge >= 0.3 is 5.97 Å². The highest BCUT2D eigenvalue weighted by molar-refractivity contribution is 5.96. The van der Waals surface area contributed by atoms with Crippen LogP contribution in [0.2, 0.25) is 0 Å². The molecule has 104 valence electrons. The Bertz CT molecular complexity index is 492. The maximum atomic E-state index is 11.8. The van der Waals surface area contributed by atoms with Crippen LogP contribution >= 0.6 is 0 Å². The first-order chi connectivity index (χ1) is 8.75. The van der Waals surface area contributed by atoms with Gasteiger partial charge in [-0.2, -0.15) is 0 Å². The number of nitrogens with two attached hydrogens (primary N) is 1. The van der Waals surface area contributed by atoms with Gasteiger partial charge in [0.2, 0.25) is 5.91 Å². The van der Waals surface area contributed by atoms with E-state index in [0.717, 1.165) is 0 Å². The lowest BCUT2D eigenvalue weighted by atomic mass is 9.96. The SMILES string of the molecule is CCOC(=O)c1ccc(NC(=O)C(C)(C)C)nc1N. The average Bonchev–Trinajstić information content (AvgIpc) is 2.27. The van der Waals surface area contributed by atoms with Crippen molar-refractivity contribution in [1.29, 1.82) is 0 Å². The third kappa shape index (κ3) is 3.94. The fourth-order valence-corrected chi connectivity index (χ4v) is 1.23. The maximum Gasteiger partial charge on any atom is 0.341 e. The quantitative estimate of drug-likeness (QED) is 0.813. The van der Waals surface area contributed by atoms with Crippen LogP contribution in [0.25, 0.3) is 0 Å². The third-order valence-electron chi connectivity index (χ3n) is 2.34. The third-order valence-corrected chi connectivity index (χ3v) is 2.34. The summed E-state index contributed by atoms with van der Waals surface area (Å²) in [6.07, 6.45) is 0. The second-order valence-electron chi connectivity index (χ2n) is 5.05. The number of nitrogen functional groups attached to an aromatic ring is 1. The van der Waals surface area contributed by atoms with Crippen molar-refractivity contribution in [2.75, 3.05) is 17.7 Å². The van der Waals surface area contributed by atoms with Gasteiger partial charge in [0.05, 0.1) is 6.61 Å². The molecule has 0 aromatic carbocycles. The zero-order valence-corrected chi connectivity index (χ0v) is 11.6. The van der Waals surface area contributed by atoms with Crippen LogP contribution < -0.4 is 11.1 Å². The molecule has 1 aromatic rings. The Morgan fingerprint density at radius 3 is 2.47 bits per heavy atom. The van der Waals surface area contributed by atoms with Crippen LogP contribution in [0.4, 0.5) is 11.6 Å². The summed E-state index contributed by atoms with van der Waals surface area (Å²) in [6.45, 7) is 7.34. The monoisotopic (exact) mass is 265 g/mol. The van der Waals surface area contributed by atoms with Crippen molar-refractivity contribution in [1.82, 2.24) is 4.98 Å². The molecule has 6 nitrogen and oxygen atoms in total. The van der Waals surface area contributed by atoms with E-state index in [1.54, 1.807) is 27.7 Å². The molecule has 0 aliphatic rings. The molecule has 0 aliphatic heterocycles. The van der Waals surface area contributed by atoms with Gasteiger partial charge in [-0.3, -0.25) is 4.79 Å². The molecule has 0 radical (unpaired) electrons. The summed E-state index contributed by atoms with van der Waals surface area (Å²) in [4.78, 5) is 27.3. The van der Waals surface area contributed by atoms with E-state index in [0.29, 0.717) is 5.82 Å². The van der Waals surface area contributed by atoms with Crippen LogP contribution in [0, 0.1) is 5.41 Å². The first kappa shape index (κ1) is 14.9. The molecule has 0 fully saturated rings. The van der Waals surface area contributed by atoms with Crippen molar-refractivity contribution in [2.24, 2.45) is 5.41 Å². The van der Waals surface area contributed by atoms with Crippen molar-refractivity contribution >= 4 is 23.5 Å². The minimum Gasteiger partial charge on any atom is -0.462 e. The summed E-state index contributed by atoms with van der Waals surface area (Å²) in [5.41, 5.74) is 5.33. The van der Waals surface area contributed by atoms with E-state index >= 15 is 0 Å². The molecule has 1 rings (SSSR count). The van der Waals surface area contributed by atoms with E-state index in [1.165, 1.54) is 12.1 Å². The van der Waals surface area contributed by atoms with Gasteiger partial charge < -0.3 is 15.8 Å². The number of carbonyl (C=O) groups excluding carboxylic acids is 2. The van der Waals surface area contributed by atoms with Crippen molar-refractivity contribution in [3.8, 4) is 0 Å². The van der Waals surface area contributed by atoms with E-state index in [1.807, 2.05) is 0 Å². The zero-order chi connectivity index (χ0) is 14.6. The summed E-state index contributed by atoms with van der Waals surface area (Å²) < 4.78 is 4.84. The fraction of sp³-hybridized carbons (Fsp3) is 0.462. The van der Waals surface area contributed by atoms with Crippen molar-refractivity contribution in [3.05, 3.63) is 17.7 Å². The van der Waals surface area contributed by atoms with E-state index in [2.05, 4.69) is 10.3 Å². The molecular formula is C13H19N3O3. The average molecular weight is 265 g/mol. The Balaban J connectivity index is 2.89. The Kier molecular flexibility index (Phi) is 4.47. The van der Waals surface area contributed by atoms with Gasteiger partial charge in [0.15, 0.2) is 0 Å². The van der Waals surface area contributed by atoms with E-state index in [-0.39, 0.29) is 23.9 Å². The minimum absolute atomic E-state index is 0.0326. The van der Waals surface area contributed by atoms with Gasteiger partial charge in [-0.15, -0.1) is 0 Å². The summed E-state index contributed by atoms with van der Waals surface area (Å²) in [7, 11) is 0. The number of carbonyl (C=O) groups is 2. The van der Waals surface area contributed by atoms with Crippen molar-refractivity contribution < 1.29 is 14.3 Å². The number of esters is 1. The number of pyridine rings is 1. The first-order valence-corrected chi connectivity index (χ1v) is 6.00. The summed E-state index contributed by atoms with van der Waals surface area (Å²) >= 11 is 0. The minimum atomic E-state index is -0.531. The van der Waals surface area contributed by atoms with Gasteiger partial charge in [-0.05, 0) is 19.1 Å². The lowest BCUT2D eigenvalue weighted by Gasteiger charge is -2.17. The number of aromatic nitrogens is 1. The number of amides is 1. The smallest absolute Gasteiger partial charge is 0.341 e. The summed E-state index contributed by atoms with van der Waals surface area (Å²) in [5, 5.41) is 2.64. The molecular weight excluding hydrogens is 246 g/mol. The van der Waals surface area contributed by atoms with E-state index in [9.17, 15) is 9.59 Å². The molecule has 0 unspecified atom stereocenters. The Morgan fingerprint density at radius 2 is 2.00 bits per heavy atom. The van der Waals surface area contributed by atoms with Crippen LogP contribution in [0.3, 0.4) is 0 Å². The van der Waals surface area contributed by atoms with Gasteiger partial charge in [0.1, 0.15) is 17.2 Å². The molecule has 3 N–H and O–H groups in total. The molecule has 6 heteroatoms. The number of hydrogen-bond acceptors (Lipinski definition) is 5. The highest BCUT2D eigenvalue weighted by Crippen LogP contribution is 2.18. The molecule has 0 saturated heterocycles. The van der Waals surface area contributed by atoms with Gasteiger partial charge in [0.25, 0.3) is 0 Å². The topological polar surface area (TPSA) is 94.3 Å². The largest absolute Gasteiger partial charge is 0.462 e. The second kappa shape index (κ2) is 5.69. The lowest BCUT2D eigenvalue weighted by Crippen LogP contribution is -2.28. The number of nitrogens with one attached hydrogen (secondary N) is 1. The highest BCUT2D eigenvalue weighted by Gasteiger charge is 2.22. The van der Waals surface area contributed by atoms with Crippen LogP contribution in [0.1, 0.15) is 38.1 Å². The Morgan fingerprint density at radius 1 is 1.37 bits per heavy atom. The Labute approximate surface area is 112 Å². The van der Waals surface area contributed by atoms with Crippen LogP contribution in [-0.4, -0.2) is 23.5 Å². The van der Waals surface area contributed by atoms with Crippen molar-refractivity contribution in [3.63, 3.8) is 0 Å². The van der Waals surface area contributed by atoms with Crippen LogP contribution in [0.15, 0.2) is 12.1 Å². The molecule has 1 amide bonds. The van der Waals surface area contributed by atoms with Crippen LogP contribution in [-0.2, 0) is 9.53 Å². The summed E-state index contributed by atoms with van der Waals surface area (Å²) in [6, 6.07) is 3.00. The maximum absolute atomic E-state index is 11.8. The number of nitrogens with zero attached hydrogens (tertiary/aromatic N) is 1. The molecule has 1 heterocycles. The highest BCUT2D eigenvalue weighted by atomic mass is 16.5. The molecule has 0 spiro atoms. The van der Waals surface area contributed by atoms with E-state index < -0.39 is 11.4 Å². The predicted octanol–water partition coefficient (Wildman–Crippen LogP) is 1.83. The fourth-order valence-electron chi connectivity index (χ4n) is 1.23. The van der Waals surface area contributed by atoms with Crippen LogP contribution in [0.5, 0.6) is 0 Å². The normalized spacial score (nSPS) is 10.9. The summed E-state index contributed by atoms with van der Waals surface area (Å²) in [5.74, 6) is -0.361. The predicted molar refractivity (Wildman–Crippen MR) is 72.7 cm³/mol. The number of ether oxygens (including phenoxy) is 1. The van der Waals surface area contributed by atoms with Gasteiger partial charge in [0, 0.05) is 5.41 Å². The Hall–Kier alpha value is -2.11. The van der Waals surface area contributed by atoms with Gasteiger partial charge in [-0.1, -0.05) is 20.8 Å². The molecule has 0 aliphatic carbocycles. The van der Waals surface area contributed by atoms with E-state index in [4.69, 9.17) is 10.5 Å². The molecule has 19 heavy (non-hydrogen) atoms. The standard InChI is InChI=1S/C13H19N3O3/c1-5-19-11(17)8-6-7-9(15-10(8)14)16-12(18)13(2,3)4/h6-7H,5H2,1-4H3,(H3,14,15,16,18). The number of hydrogen-bond donors (Lipinski definition) is 2. The number of anilines is 2. The molecule has 1 aromatic heterocycles.